The Hall–Kier alpha value is -2.12. The molecular formula is C16H22N4O3. The Kier molecular flexibility index (Phi) is 5.44. The lowest BCUT2D eigenvalue weighted by molar-refractivity contribution is 0.0374. The third kappa shape index (κ3) is 4.67. The zero-order chi connectivity index (χ0) is 15.9. The van der Waals surface area contributed by atoms with Crippen molar-refractivity contribution in [1.82, 2.24) is 20.0 Å². The lowest BCUT2D eigenvalue weighted by Gasteiger charge is -2.26. The standard InChI is InChI=1S/C16H22N4O3/c21-16(17-5-1-7-19-9-11-22-12-10-19)15-4-3-14(23-15)13-20-8-2-6-18-20/h2-4,6,8H,1,5,7,9-13H2,(H,17,21). The van der Waals surface area contributed by atoms with Crippen molar-refractivity contribution in [1.29, 1.82) is 0 Å². The molecule has 2 aromatic rings. The number of aromatic nitrogens is 2. The maximum atomic E-state index is 12.1. The van der Waals surface area contributed by atoms with Gasteiger partial charge in [0, 0.05) is 32.0 Å². The number of hydrogen-bond donors (Lipinski definition) is 1. The maximum absolute atomic E-state index is 12.1. The highest BCUT2D eigenvalue weighted by Gasteiger charge is 2.12. The molecule has 1 amide bonds. The minimum absolute atomic E-state index is 0.168. The molecule has 3 heterocycles. The zero-order valence-electron chi connectivity index (χ0n) is 13.1. The average Bonchev–Trinajstić information content (AvgIpc) is 3.25. The van der Waals surface area contributed by atoms with E-state index < -0.39 is 0 Å². The minimum atomic E-state index is -0.168. The van der Waals surface area contributed by atoms with Crippen LogP contribution >= 0.6 is 0 Å². The molecule has 0 bridgehead atoms. The SMILES string of the molecule is O=C(NCCCN1CCOCC1)c1ccc(Cn2cccn2)o1. The van der Waals surface area contributed by atoms with Crippen molar-refractivity contribution in [3.63, 3.8) is 0 Å². The Morgan fingerprint density at radius 2 is 2.17 bits per heavy atom. The summed E-state index contributed by atoms with van der Waals surface area (Å²) in [4.78, 5) is 14.4. The third-order valence-corrected chi connectivity index (χ3v) is 3.80. The van der Waals surface area contributed by atoms with Gasteiger partial charge in [0.05, 0.1) is 19.8 Å². The Bertz CT molecular complexity index is 603. The van der Waals surface area contributed by atoms with Crippen LogP contribution in [0, 0.1) is 0 Å². The summed E-state index contributed by atoms with van der Waals surface area (Å²) in [5, 5.41) is 7.01. The van der Waals surface area contributed by atoms with Crippen LogP contribution in [-0.2, 0) is 11.3 Å². The van der Waals surface area contributed by atoms with Crippen molar-refractivity contribution in [2.75, 3.05) is 39.4 Å². The highest BCUT2D eigenvalue weighted by Crippen LogP contribution is 2.09. The second kappa shape index (κ2) is 7.94. The molecule has 1 aliphatic rings. The van der Waals surface area contributed by atoms with E-state index in [1.165, 1.54) is 0 Å². The first-order chi connectivity index (χ1) is 11.3. The lowest BCUT2D eigenvalue weighted by Crippen LogP contribution is -2.38. The lowest BCUT2D eigenvalue weighted by atomic mass is 10.3. The normalized spacial score (nSPS) is 15.7. The number of amides is 1. The molecule has 0 unspecified atom stereocenters. The van der Waals surface area contributed by atoms with Gasteiger partial charge in [0.1, 0.15) is 5.76 Å². The van der Waals surface area contributed by atoms with Gasteiger partial charge in [0.25, 0.3) is 5.91 Å². The van der Waals surface area contributed by atoms with E-state index >= 15 is 0 Å². The van der Waals surface area contributed by atoms with Gasteiger partial charge in [0.15, 0.2) is 5.76 Å². The van der Waals surface area contributed by atoms with Crippen molar-refractivity contribution in [2.24, 2.45) is 0 Å². The Morgan fingerprint density at radius 3 is 2.96 bits per heavy atom. The topological polar surface area (TPSA) is 72.5 Å². The summed E-state index contributed by atoms with van der Waals surface area (Å²) in [6, 6.07) is 5.37. The number of carbonyl (C=O) groups is 1. The molecule has 23 heavy (non-hydrogen) atoms. The largest absolute Gasteiger partial charge is 0.454 e. The first-order valence-corrected chi connectivity index (χ1v) is 7.96. The fourth-order valence-corrected chi connectivity index (χ4v) is 2.56. The molecule has 0 aliphatic carbocycles. The number of carbonyl (C=O) groups excluding carboxylic acids is 1. The number of hydrogen-bond acceptors (Lipinski definition) is 5. The van der Waals surface area contributed by atoms with Crippen LogP contribution in [0.3, 0.4) is 0 Å². The smallest absolute Gasteiger partial charge is 0.286 e. The van der Waals surface area contributed by atoms with Crippen molar-refractivity contribution >= 4 is 5.91 Å². The van der Waals surface area contributed by atoms with Gasteiger partial charge in [0.2, 0.25) is 0 Å². The molecule has 3 rings (SSSR count). The van der Waals surface area contributed by atoms with E-state index in [0.29, 0.717) is 24.6 Å². The molecule has 1 fully saturated rings. The molecule has 1 saturated heterocycles. The summed E-state index contributed by atoms with van der Waals surface area (Å²) in [6.45, 7) is 5.70. The predicted octanol–water partition coefficient (Wildman–Crippen LogP) is 0.976. The molecular weight excluding hydrogens is 296 g/mol. The number of rotatable bonds is 7. The van der Waals surface area contributed by atoms with Gasteiger partial charge in [-0.25, -0.2) is 0 Å². The first kappa shape index (κ1) is 15.8. The summed E-state index contributed by atoms with van der Waals surface area (Å²) in [6.07, 6.45) is 4.49. The van der Waals surface area contributed by atoms with Crippen molar-refractivity contribution in [3.8, 4) is 0 Å². The number of morpholine rings is 1. The molecule has 0 aromatic carbocycles. The Balaban J connectivity index is 1.39. The average molecular weight is 318 g/mol. The van der Waals surface area contributed by atoms with E-state index in [1.807, 2.05) is 18.3 Å². The van der Waals surface area contributed by atoms with E-state index in [9.17, 15) is 4.79 Å². The zero-order valence-corrected chi connectivity index (χ0v) is 13.1. The van der Waals surface area contributed by atoms with E-state index in [2.05, 4.69) is 15.3 Å². The van der Waals surface area contributed by atoms with E-state index in [0.717, 1.165) is 39.3 Å². The molecule has 0 atom stereocenters. The number of ether oxygens (including phenoxy) is 1. The number of furan rings is 1. The van der Waals surface area contributed by atoms with Crippen LogP contribution in [0.5, 0.6) is 0 Å². The van der Waals surface area contributed by atoms with Crippen LogP contribution in [-0.4, -0.2) is 60.0 Å². The van der Waals surface area contributed by atoms with Gasteiger partial charge < -0.3 is 14.5 Å². The van der Waals surface area contributed by atoms with Crippen LogP contribution in [0.1, 0.15) is 22.7 Å². The highest BCUT2D eigenvalue weighted by molar-refractivity contribution is 5.91. The molecule has 0 saturated carbocycles. The fraction of sp³-hybridized carbons (Fsp3) is 0.500. The third-order valence-electron chi connectivity index (χ3n) is 3.80. The van der Waals surface area contributed by atoms with Gasteiger partial charge in [-0.1, -0.05) is 0 Å². The number of nitrogens with one attached hydrogen (secondary N) is 1. The first-order valence-electron chi connectivity index (χ1n) is 7.96. The van der Waals surface area contributed by atoms with Crippen molar-refractivity contribution in [2.45, 2.75) is 13.0 Å². The molecule has 7 heteroatoms. The van der Waals surface area contributed by atoms with E-state index in [-0.39, 0.29) is 5.91 Å². The molecule has 1 N–H and O–H groups in total. The van der Waals surface area contributed by atoms with Crippen LogP contribution in [0.4, 0.5) is 0 Å². The molecule has 1 aliphatic heterocycles. The van der Waals surface area contributed by atoms with E-state index in [4.69, 9.17) is 9.15 Å². The van der Waals surface area contributed by atoms with Crippen LogP contribution in [0.15, 0.2) is 35.0 Å². The van der Waals surface area contributed by atoms with Gasteiger partial charge >= 0.3 is 0 Å². The fourth-order valence-electron chi connectivity index (χ4n) is 2.56. The summed E-state index contributed by atoms with van der Waals surface area (Å²) >= 11 is 0. The van der Waals surface area contributed by atoms with Crippen molar-refractivity contribution < 1.29 is 13.9 Å². The summed E-state index contributed by atoms with van der Waals surface area (Å²) in [5.41, 5.74) is 0. The van der Waals surface area contributed by atoms with Crippen LogP contribution < -0.4 is 5.32 Å². The Labute approximate surface area is 135 Å². The van der Waals surface area contributed by atoms with E-state index in [1.54, 1.807) is 16.9 Å². The molecule has 124 valence electrons. The van der Waals surface area contributed by atoms with Gasteiger partial charge in [-0.05, 0) is 31.2 Å². The highest BCUT2D eigenvalue weighted by atomic mass is 16.5. The summed E-state index contributed by atoms with van der Waals surface area (Å²) in [7, 11) is 0. The summed E-state index contributed by atoms with van der Waals surface area (Å²) in [5.74, 6) is 0.893. The van der Waals surface area contributed by atoms with Crippen molar-refractivity contribution in [3.05, 3.63) is 42.1 Å². The van der Waals surface area contributed by atoms with Crippen LogP contribution in [0.2, 0.25) is 0 Å². The minimum Gasteiger partial charge on any atom is -0.454 e. The van der Waals surface area contributed by atoms with Gasteiger partial charge in [-0.15, -0.1) is 0 Å². The van der Waals surface area contributed by atoms with Gasteiger partial charge in [-0.2, -0.15) is 5.10 Å². The second-order valence-corrected chi connectivity index (χ2v) is 5.53. The molecule has 0 spiro atoms. The Morgan fingerprint density at radius 1 is 1.30 bits per heavy atom. The molecule has 7 nitrogen and oxygen atoms in total. The quantitative estimate of drug-likeness (QED) is 0.770. The molecule has 0 radical (unpaired) electrons. The monoisotopic (exact) mass is 318 g/mol. The molecule has 2 aromatic heterocycles. The predicted molar refractivity (Wildman–Crippen MR) is 84.2 cm³/mol. The van der Waals surface area contributed by atoms with Crippen LogP contribution in [0.25, 0.3) is 0 Å². The summed E-state index contributed by atoms with van der Waals surface area (Å²) < 4.78 is 12.6. The maximum Gasteiger partial charge on any atom is 0.286 e. The second-order valence-electron chi connectivity index (χ2n) is 5.53. The van der Waals surface area contributed by atoms with Gasteiger partial charge in [-0.3, -0.25) is 14.4 Å². The number of nitrogens with zero attached hydrogens (tertiary/aromatic N) is 3.